The molecule has 3 nitrogen and oxygen atoms in total. The van der Waals surface area contributed by atoms with Crippen molar-refractivity contribution in [2.75, 3.05) is 32.8 Å². The zero-order valence-electron chi connectivity index (χ0n) is 13.8. The van der Waals surface area contributed by atoms with Crippen LogP contribution in [0.1, 0.15) is 50.8 Å². The predicted molar refractivity (Wildman–Crippen MR) is 89.1 cm³/mol. The third-order valence-corrected chi connectivity index (χ3v) is 4.47. The lowest BCUT2D eigenvalue weighted by Crippen LogP contribution is -2.28. The Balaban J connectivity index is 2.02. The summed E-state index contributed by atoms with van der Waals surface area (Å²) >= 11 is 0. The van der Waals surface area contributed by atoms with Gasteiger partial charge in [-0.1, -0.05) is 32.9 Å². The van der Waals surface area contributed by atoms with Gasteiger partial charge in [0.2, 0.25) is 0 Å². The molecule has 0 radical (unpaired) electrons. The third-order valence-electron chi connectivity index (χ3n) is 4.47. The van der Waals surface area contributed by atoms with Gasteiger partial charge in [-0.15, -0.1) is 0 Å². The van der Waals surface area contributed by atoms with Crippen LogP contribution >= 0.6 is 0 Å². The summed E-state index contributed by atoms with van der Waals surface area (Å²) in [6, 6.07) is 7.04. The van der Waals surface area contributed by atoms with Crippen LogP contribution in [0.3, 0.4) is 0 Å². The van der Waals surface area contributed by atoms with Crippen LogP contribution in [0.25, 0.3) is 0 Å². The molecule has 0 heterocycles. The molecule has 3 heteroatoms. The van der Waals surface area contributed by atoms with E-state index >= 15 is 0 Å². The summed E-state index contributed by atoms with van der Waals surface area (Å²) in [7, 11) is 0. The molecule has 0 bridgehead atoms. The van der Waals surface area contributed by atoms with Crippen molar-refractivity contribution in [3.8, 4) is 5.75 Å². The quantitative estimate of drug-likeness (QED) is 0.794. The Morgan fingerprint density at radius 1 is 1.24 bits per heavy atom. The largest absolute Gasteiger partial charge is 0.492 e. The van der Waals surface area contributed by atoms with Gasteiger partial charge >= 0.3 is 0 Å². The van der Waals surface area contributed by atoms with Gasteiger partial charge in [0.1, 0.15) is 12.4 Å². The number of ether oxygens (including phenoxy) is 1. The van der Waals surface area contributed by atoms with E-state index in [4.69, 9.17) is 4.74 Å². The molecule has 1 unspecified atom stereocenters. The smallest absolute Gasteiger partial charge is 0.122 e. The molecule has 1 aromatic rings. The Kier molecular flexibility index (Phi) is 6.52. The minimum Gasteiger partial charge on any atom is -0.492 e. The van der Waals surface area contributed by atoms with Crippen molar-refractivity contribution >= 4 is 0 Å². The van der Waals surface area contributed by atoms with Gasteiger partial charge in [0.05, 0.1) is 0 Å². The normalized spacial score (nSPS) is 17.8. The van der Waals surface area contributed by atoms with E-state index in [9.17, 15) is 0 Å². The number of rotatable bonds is 8. The molecule has 2 rings (SSSR count). The van der Waals surface area contributed by atoms with E-state index in [1.54, 1.807) is 0 Å². The molecule has 0 amide bonds. The molecule has 1 aliphatic rings. The van der Waals surface area contributed by atoms with Crippen LogP contribution in [0.5, 0.6) is 5.75 Å². The highest BCUT2D eigenvalue weighted by Crippen LogP contribution is 2.35. The SMILES string of the molecule is CCNC1CCCc2c(OCCN(CC)CC)cccc21. The maximum absolute atomic E-state index is 6.10. The third kappa shape index (κ3) is 4.21. The van der Waals surface area contributed by atoms with Crippen LogP contribution in [0.4, 0.5) is 0 Å². The molecule has 0 aromatic heterocycles. The monoisotopic (exact) mass is 290 g/mol. The standard InChI is InChI=1S/C18H30N2O/c1-4-19-17-11-7-10-16-15(17)9-8-12-18(16)21-14-13-20(5-2)6-3/h8-9,12,17,19H,4-7,10-11,13-14H2,1-3H3. The second-order valence-corrected chi connectivity index (χ2v) is 5.70. The van der Waals surface area contributed by atoms with Crippen molar-refractivity contribution in [1.29, 1.82) is 0 Å². The fourth-order valence-corrected chi connectivity index (χ4v) is 3.23. The van der Waals surface area contributed by atoms with Gasteiger partial charge in [-0.05, 0) is 56.1 Å². The van der Waals surface area contributed by atoms with Gasteiger partial charge in [-0.25, -0.2) is 0 Å². The van der Waals surface area contributed by atoms with E-state index in [2.05, 4.69) is 49.2 Å². The predicted octanol–water partition coefficient (Wildman–Crippen LogP) is 3.39. The van der Waals surface area contributed by atoms with E-state index in [0.29, 0.717) is 6.04 Å². The first-order chi connectivity index (χ1) is 10.3. The van der Waals surface area contributed by atoms with Gasteiger partial charge in [0.15, 0.2) is 0 Å². The van der Waals surface area contributed by atoms with Crippen molar-refractivity contribution in [2.24, 2.45) is 0 Å². The molecular formula is C18H30N2O. The summed E-state index contributed by atoms with van der Waals surface area (Å²) in [5, 5.41) is 3.60. The molecule has 1 aromatic carbocycles. The van der Waals surface area contributed by atoms with Crippen LogP contribution < -0.4 is 10.1 Å². The first-order valence-electron chi connectivity index (χ1n) is 8.50. The molecule has 0 fully saturated rings. The lowest BCUT2D eigenvalue weighted by Gasteiger charge is -2.28. The summed E-state index contributed by atoms with van der Waals surface area (Å²) in [4.78, 5) is 2.40. The van der Waals surface area contributed by atoms with Crippen molar-refractivity contribution in [2.45, 2.75) is 46.1 Å². The van der Waals surface area contributed by atoms with Gasteiger partial charge in [-0.2, -0.15) is 0 Å². The fourth-order valence-electron chi connectivity index (χ4n) is 3.23. The second kappa shape index (κ2) is 8.40. The molecule has 21 heavy (non-hydrogen) atoms. The fraction of sp³-hybridized carbons (Fsp3) is 0.667. The molecule has 0 saturated heterocycles. The van der Waals surface area contributed by atoms with Crippen molar-refractivity contribution < 1.29 is 4.74 Å². The van der Waals surface area contributed by atoms with Crippen LogP contribution in [0.2, 0.25) is 0 Å². The van der Waals surface area contributed by atoms with Crippen molar-refractivity contribution in [3.05, 3.63) is 29.3 Å². The topological polar surface area (TPSA) is 24.5 Å². The van der Waals surface area contributed by atoms with E-state index in [0.717, 1.165) is 45.0 Å². The minimum absolute atomic E-state index is 0.505. The Bertz CT molecular complexity index is 429. The lowest BCUT2D eigenvalue weighted by molar-refractivity contribution is 0.221. The summed E-state index contributed by atoms with van der Waals surface area (Å²) in [5.74, 6) is 1.10. The molecular weight excluding hydrogens is 260 g/mol. The average Bonchev–Trinajstić information content (AvgIpc) is 2.52. The average molecular weight is 290 g/mol. The number of nitrogens with zero attached hydrogens (tertiary/aromatic N) is 1. The summed E-state index contributed by atoms with van der Waals surface area (Å²) < 4.78 is 6.10. The summed E-state index contributed by atoms with van der Waals surface area (Å²) in [5.41, 5.74) is 2.87. The lowest BCUT2D eigenvalue weighted by atomic mass is 9.87. The number of benzene rings is 1. The Morgan fingerprint density at radius 3 is 2.76 bits per heavy atom. The number of fused-ring (bicyclic) bond motifs is 1. The van der Waals surface area contributed by atoms with Crippen LogP contribution in [0.15, 0.2) is 18.2 Å². The van der Waals surface area contributed by atoms with E-state index in [1.165, 1.54) is 24.0 Å². The van der Waals surface area contributed by atoms with Gasteiger partial charge in [0.25, 0.3) is 0 Å². The Labute approximate surface area is 129 Å². The number of hydrogen-bond acceptors (Lipinski definition) is 3. The number of likely N-dealkylation sites (N-methyl/N-ethyl adjacent to an activating group) is 1. The molecule has 0 aliphatic heterocycles. The van der Waals surface area contributed by atoms with Gasteiger partial charge in [0, 0.05) is 12.6 Å². The maximum Gasteiger partial charge on any atom is 0.122 e. The minimum atomic E-state index is 0.505. The molecule has 0 saturated carbocycles. The number of hydrogen-bond donors (Lipinski definition) is 1. The highest BCUT2D eigenvalue weighted by atomic mass is 16.5. The molecule has 1 atom stereocenters. The zero-order chi connectivity index (χ0) is 15.1. The van der Waals surface area contributed by atoms with E-state index < -0.39 is 0 Å². The highest BCUT2D eigenvalue weighted by molar-refractivity contribution is 5.43. The summed E-state index contributed by atoms with van der Waals surface area (Å²) in [6.45, 7) is 11.6. The van der Waals surface area contributed by atoms with Crippen LogP contribution in [0, 0.1) is 0 Å². The van der Waals surface area contributed by atoms with Crippen molar-refractivity contribution in [1.82, 2.24) is 10.2 Å². The number of nitrogens with one attached hydrogen (secondary N) is 1. The molecule has 118 valence electrons. The van der Waals surface area contributed by atoms with E-state index in [-0.39, 0.29) is 0 Å². The van der Waals surface area contributed by atoms with Crippen LogP contribution in [-0.2, 0) is 6.42 Å². The Hall–Kier alpha value is -1.06. The maximum atomic E-state index is 6.10. The molecule has 1 N–H and O–H groups in total. The first kappa shape index (κ1) is 16.3. The van der Waals surface area contributed by atoms with Crippen LogP contribution in [-0.4, -0.2) is 37.7 Å². The van der Waals surface area contributed by atoms with E-state index in [1.807, 2.05) is 0 Å². The summed E-state index contributed by atoms with van der Waals surface area (Å²) in [6.07, 6.45) is 3.64. The molecule has 0 spiro atoms. The Morgan fingerprint density at radius 2 is 2.05 bits per heavy atom. The second-order valence-electron chi connectivity index (χ2n) is 5.70. The molecule has 1 aliphatic carbocycles. The van der Waals surface area contributed by atoms with Gasteiger partial charge < -0.3 is 15.0 Å². The highest BCUT2D eigenvalue weighted by Gasteiger charge is 2.21. The first-order valence-corrected chi connectivity index (χ1v) is 8.50. The van der Waals surface area contributed by atoms with Crippen molar-refractivity contribution in [3.63, 3.8) is 0 Å². The van der Waals surface area contributed by atoms with Gasteiger partial charge in [-0.3, -0.25) is 0 Å². The zero-order valence-corrected chi connectivity index (χ0v) is 13.8.